The first-order chi connectivity index (χ1) is 14.2. The van der Waals surface area contributed by atoms with Gasteiger partial charge < -0.3 is 24.1 Å². The molecule has 0 heterocycles. The van der Waals surface area contributed by atoms with E-state index in [1.54, 1.807) is 42.5 Å². The van der Waals surface area contributed by atoms with Gasteiger partial charge in [-0.05, 0) is 6.07 Å². The van der Waals surface area contributed by atoms with Crippen molar-refractivity contribution < 1.29 is 33.6 Å². The van der Waals surface area contributed by atoms with Crippen LogP contribution in [-0.4, -0.2) is 69.5 Å². The van der Waals surface area contributed by atoms with Crippen LogP contribution in [0.4, 0.5) is 0 Å². The number of aliphatic hydroxyl groups is 1. The fraction of sp³-hybridized carbons (Fsp3) is 0.364. The maximum atomic E-state index is 12.9. The van der Waals surface area contributed by atoms with Crippen molar-refractivity contribution in [2.45, 2.75) is 0 Å². The van der Waals surface area contributed by atoms with Crippen LogP contribution in [0.3, 0.4) is 0 Å². The van der Waals surface area contributed by atoms with Crippen LogP contribution in [0.5, 0.6) is 5.75 Å². The van der Waals surface area contributed by atoms with Crippen molar-refractivity contribution in [1.82, 2.24) is 0 Å². The van der Waals surface area contributed by atoms with E-state index in [0.29, 0.717) is 67.6 Å². The van der Waals surface area contributed by atoms with Crippen molar-refractivity contribution >= 4 is 11.6 Å². The zero-order valence-electron chi connectivity index (χ0n) is 16.1. The highest BCUT2D eigenvalue weighted by atomic mass is 16.6. The molecule has 0 bridgehead atoms. The standard InChI is InChI=1S/C22H24O7/c23-8-9-26-10-11-27-12-13-28-14-15-29-19-7-3-6-18-20(19)22(25)17-5-2-1-4-16(17)21(18)24/h1-7,23H,8-15H2. The van der Waals surface area contributed by atoms with Crippen molar-refractivity contribution in [3.05, 3.63) is 64.7 Å². The van der Waals surface area contributed by atoms with Gasteiger partial charge >= 0.3 is 0 Å². The monoisotopic (exact) mass is 400 g/mol. The third kappa shape index (κ3) is 5.27. The predicted octanol–water partition coefficient (Wildman–Crippen LogP) is 1.88. The fourth-order valence-corrected chi connectivity index (χ4v) is 3.05. The van der Waals surface area contributed by atoms with Crippen molar-refractivity contribution in [3.8, 4) is 5.75 Å². The van der Waals surface area contributed by atoms with Crippen LogP contribution in [-0.2, 0) is 14.2 Å². The van der Waals surface area contributed by atoms with Crippen LogP contribution in [0.2, 0.25) is 0 Å². The van der Waals surface area contributed by atoms with E-state index in [1.807, 2.05) is 0 Å². The van der Waals surface area contributed by atoms with Crippen LogP contribution < -0.4 is 4.74 Å². The molecule has 1 N–H and O–H groups in total. The molecule has 0 aliphatic heterocycles. The molecule has 0 aromatic heterocycles. The Balaban J connectivity index is 1.46. The second kappa shape index (κ2) is 10.8. The Labute approximate surface area is 169 Å². The Bertz CT molecular complexity index is 847. The number of benzene rings is 2. The minimum absolute atomic E-state index is 0.00000173. The van der Waals surface area contributed by atoms with Gasteiger partial charge in [0.25, 0.3) is 0 Å². The molecule has 0 saturated heterocycles. The third-order valence-electron chi connectivity index (χ3n) is 4.38. The van der Waals surface area contributed by atoms with Gasteiger partial charge in [0.1, 0.15) is 12.4 Å². The van der Waals surface area contributed by atoms with E-state index < -0.39 is 0 Å². The minimum atomic E-state index is -0.205. The number of hydrogen-bond donors (Lipinski definition) is 1. The molecular weight excluding hydrogens is 376 g/mol. The highest BCUT2D eigenvalue weighted by Gasteiger charge is 2.31. The molecule has 0 atom stereocenters. The number of carbonyl (C=O) groups is 2. The van der Waals surface area contributed by atoms with Crippen LogP contribution in [0.15, 0.2) is 42.5 Å². The fourth-order valence-electron chi connectivity index (χ4n) is 3.05. The maximum Gasteiger partial charge on any atom is 0.198 e. The van der Waals surface area contributed by atoms with Crippen molar-refractivity contribution in [2.24, 2.45) is 0 Å². The number of aliphatic hydroxyl groups excluding tert-OH is 1. The van der Waals surface area contributed by atoms with Crippen molar-refractivity contribution in [2.75, 3.05) is 52.9 Å². The van der Waals surface area contributed by atoms with Crippen LogP contribution in [0.25, 0.3) is 0 Å². The Morgan fingerprint density at radius 2 is 1.17 bits per heavy atom. The Morgan fingerprint density at radius 1 is 0.621 bits per heavy atom. The summed E-state index contributed by atoms with van der Waals surface area (Å²) >= 11 is 0. The molecule has 0 fully saturated rings. The first kappa shape index (κ1) is 21.1. The van der Waals surface area contributed by atoms with Crippen molar-refractivity contribution in [1.29, 1.82) is 0 Å². The summed E-state index contributed by atoms with van der Waals surface area (Å²) in [5.41, 5.74) is 1.50. The lowest BCUT2D eigenvalue weighted by molar-refractivity contribution is 0.00358. The van der Waals surface area contributed by atoms with Gasteiger partial charge in [0.15, 0.2) is 11.6 Å². The molecule has 0 saturated carbocycles. The number of rotatable bonds is 12. The number of hydrogen-bond acceptors (Lipinski definition) is 7. The van der Waals surface area contributed by atoms with Crippen LogP contribution in [0.1, 0.15) is 31.8 Å². The first-order valence-corrected chi connectivity index (χ1v) is 9.52. The molecule has 154 valence electrons. The Morgan fingerprint density at radius 3 is 1.83 bits per heavy atom. The van der Waals surface area contributed by atoms with Gasteiger partial charge in [-0.1, -0.05) is 36.4 Å². The first-order valence-electron chi connectivity index (χ1n) is 9.52. The van der Waals surface area contributed by atoms with Crippen LogP contribution in [0, 0.1) is 0 Å². The quantitative estimate of drug-likeness (QED) is 0.464. The average molecular weight is 400 g/mol. The van der Waals surface area contributed by atoms with E-state index >= 15 is 0 Å². The second-order valence-electron chi connectivity index (χ2n) is 6.29. The molecular formula is C22H24O7. The molecule has 7 heteroatoms. The summed E-state index contributed by atoms with van der Waals surface area (Å²) in [6.45, 7) is 2.58. The van der Waals surface area contributed by atoms with Gasteiger partial charge in [-0.25, -0.2) is 0 Å². The Kier molecular flexibility index (Phi) is 7.89. The zero-order valence-corrected chi connectivity index (χ0v) is 16.1. The van der Waals surface area contributed by atoms with Gasteiger partial charge in [0.2, 0.25) is 0 Å². The SMILES string of the molecule is O=C1c2ccccc2C(=O)c2c(OCCOCCOCCOCCO)cccc21. The second-order valence-corrected chi connectivity index (χ2v) is 6.29. The van der Waals surface area contributed by atoms with E-state index in [4.69, 9.17) is 24.1 Å². The molecule has 1 aliphatic rings. The predicted molar refractivity (Wildman–Crippen MR) is 105 cm³/mol. The lowest BCUT2D eigenvalue weighted by Gasteiger charge is -2.20. The highest BCUT2D eigenvalue weighted by Crippen LogP contribution is 2.33. The molecule has 0 spiro atoms. The summed E-state index contributed by atoms with van der Waals surface area (Å²) in [5.74, 6) is 0.0109. The molecule has 7 nitrogen and oxygen atoms in total. The van der Waals surface area contributed by atoms with E-state index in [0.717, 1.165) is 0 Å². The summed E-state index contributed by atoms with van der Waals surface area (Å²) in [7, 11) is 0. The maximum absolute atomic E-state index is 12.9. The van der Waals surface area contributed by atoms with E-state index in [-0.39, 0.29) is 24.8 Å². The van der Waals surface area contributed by atoms with E-state index in [1.165, 1.54) is 0 Å². The lowest BCUT2D eigenvalue weighted by atomic mass is 9.83. The third-order valence-corrected chi connectivity index (χ3v) is 4.38. The largest absolute Gasteiger partial charge is 0.490 e. The van der Waals surface area contributed by atoms with Gasteiger partial charge in [-0.3, -0.25) is 9.59 Å². The van der Waals surface area contributed by atoms with E-state index in [9.17, 15) is 9.59 Å². The smallest absolute Gasteiger partial charge is 0.198 e. The van der Waals surface area contributed by atoms with Crippen molar-refractivity contribution in [3.63, 3.8) is 0 Å². The molecule has 2 aromatic rings. The minimum Gasteiger partial charge on any atom is -0.490 e. The average Bonchev–Trinajstić information content (AvgIpc) is 2.75. The summed E-state index contributed by atoms with van der Waals surface area (Å²) < 4.78 is 21.6. The Hall–Kier alpha value is -2.58. The number of ether oxygens (including phenoxy) is 4. The summed E-state index contributed by atoms with van der Waals surface area (Å²) in [6.07, 6.45) is 0. The van der Waals surface area contributed by atoms with Gasteiger partial charge in [-0.2, -0.15) is 0 Å². The lowest BCUT2D eigenvalue weighted by Crippen LogP contribution is -2.22. The normalized spacial score (nSPS) is 12.6. The summed E-state index contributed by atoms with van der Waals surface area (Å²) in [6, 6.07) is 11.9. The number of fused-ring (bicyclic) bond motifs is 2. The molecule has 2 aromatic carbocycles. The highest BCUT2D eigenvalue weighted by molar-refractivity contribution is 6.29. The molecule has 29 heavy (non-hydrogen) atoms. The number of ketones is 2. The van der Waals surface area contributed by atoms with Crippen LogP contribution >= 0.6 is 0 Å². The molecule has 1 aliphatic carbocycles. The zero-order chi connectivity index (χ0) is 20.5. The van der Waals surface area contributed by atoms with E-state index in [2.05, 4.69) is 0 Å². The van der Waals surface area contributed by atoms with Gasteiger partial charge in [0, 0.05) is 16.7 Å². The van der Waals surface area contributed by atoms with Gasteiger partial charge in [-0.15, -0.1) is 0 Å². The van der Waals surface area contributed by atoms with Gasteiger partial charge in [0.05, 0.1) is 51.8 Å². The summed E-state index contributed by atoms with van der Waals surface area (Å²) in [5, 5.41) is 8.58. The molecule has 3 rings (SSSR count). The molecule has 0 amide bonds. The molecule has 0 unspecified atom stereocenters. The topological polar surface area (TPSA) is 91.3 Å². The number of carbonyl (C=O) groups excluding carboxylic acids is 2. The summed E-state index contributed by atoms with van der Waals surface area (Å²) in [4.78, 5) is 25.6. The molecule has 0 radical (unpaired) electrons.